The molecule has 0 radical (unpaired) electrons. The van der Waals surface area contributed by atoms with Crippen molar-refractivity contribution >= 4 is 38.8 Å². The van der Waals surface area contributed by atoms with Crippen molar-refractivity contribution in [3.8, 4) is 6.07 Å². The van der Waals surface area contributed by atoms with Gasteiger partial charge in [0.1, 0.15) is 17.3 Å². The standard InChI is InChI=1S/C15H13ClN4S/c1-9-10(5-11(6-17)20(9)2)7-18-14-12(16)3-4-13-15(14)19-8-21-13/h3-5,8,18H,7H2,1-2H3. The molecule has 0 bridgehead atoms. The number of nitrogens with zero attached hydrogens (tertiary/aromatic N) is 3. The van der Waals surface area contributed by atoms with E-state index in [1.54, 1.807) is 11.3 Å². The molecule has 21 heavy (non-hydrogen) atoms. The Balaban J connectivity index is 1.92. The first-order valence-electron chi connectivity index (χ1n) is 6.42. The van der Waals surface area contributed by atoms with Gasteiger partial charge in [-0.2, -0.15) is 5.26 Å². The van der Waals surface area contributed by atoms with Crippen molar-refractivity contribution in [3.63, 3.8) is 0 Å². The number of benzene rings is 1. The molecular weight excluding hydrogens is 304 g/mol. The molecule has 4 nitrogen and oxygen atoms in total. The zero-order chi connectivity index (χ0) is 15.0. The van der Waals surface area contributed by atoms with Crippen LogP contribution in [-0.4, -0.2) is 9.55 Å². The van der Waals surface area contributed by atoms with Gasteiger partial charge in [-0.3, -0.25) is 0 Å². The fourth-order valence-corrected chi connectivity index (χ4v) is 3.21. The van der Waals surface area contributed by atoms with Crippen LogP contribution in [0.25, 0.3) is 10.2 Å². The van der Waals surface area contributed by atoms with Crippen LogP contribution in [0, 0.1) is 18.3 Å². The zero-order valence-electron chi connectivity index (χ0n) is 11.6. The van der Waals surface area contributed by atoms with Crippen LogP contribution in [0.3, 0.4) is 0 Å². The van der Waals surface area contributed by atoms with E-state index >= 15 is 0 Å². The lowest BCUT2D eigenvalue weighted by atomic mass is 10.2. The Morgan fingerprint density at radius 2 is 2.29 bits per heavy atom. The van der Waals surface area contributed by atoms with Gasteiger partial charge in [0, 0.05) is 19.3 Å². The maximum atomic E-state index is 9.08. The summed E-state index contributed by atoms with van der Waals surface area (Å²) in [5, 5.41) is 13.1. The van der Waals surface area contributed by atoms with Gasteiger partial charge in [0.05, 0.1) is 20.9 Å². The first-order valence-corrected chi connectivity index (χ1v) is 7.68. The highest BCUT2D eigenvalue weighted by molar-refractivity contribution is 7.16. The molecule has 106 valence electrons. The summed E-state index contributed by atoms with van der Waals surface area (Å²) in [7, 11) is 1.89. The lowest BCUT2D eigenvalue weighted by Crippen LogP contribution is -2.02. The number of hydrogen-bond acceptors (Lipinski definition) is 4. The highest BCUT2D eigenvalue weighted by Gasteiger charge is 2.12. The highest BCUT2D eigenvalue weighted by Crippen LogP contribution is 2.32. The average Bonchev–Trinajstić information content (AvgIpc) is 3.05. The third-order valence-electron chi connectivity index (χ3n) is 3.66. The third kappa shape index (κ3) is 2.37. The second-order valence-corrected chi connectivity index (χ2v) is 6.08. The van der Waals surface area contributed by atoms with Crippen molar-refractivity contribution < 1.29 is 0 Å². The third-order valence-corrected chi connectivity index (χ3v) is 4.77. The summed E-state index contributed by atoms with van der Waals surface area (Å²) in [5.74, 6) is 0. The number of anilines is 1. The molecule has 0 saturated heterocycles. The molecule has 1 N–H and O–H groups in total. The smallest absolute Gasteiger partial charge is 0.120 e. The molecule has 0 atom stereocenters. The summed E-state index contributed by atoms with van der Waals surface area (Å²) >= 11 is 7.86. The number of fused-ring (bicyclic) bond motifs is 1. The Morgan fingerprint density at radius 3 is 3.00 bits per heavy atom. The predicted molar refractivity (Wildman–Crippen MR) is 86.8 cm³/mol. The van der Waals surface area contributed by atoms with Crippen LogP contribution in [0.4, 0.5) is 5.69 Å². The van der Waals surface area contributed by atoms with Crippen molar-refractivity contribution in [2.24, 2.45) is 7.05 Å². The second kappa shape index (κ2) is 5.40. The van der Waals surface area contributed by atoms with Gasteiger partial charge in [-0.25, -0.2) is 4.98 Å². The van der Waals surface area contributed by atoms with E-state index in [4.69, 9.17) is 16.9 Å². The largest absolute Gasteiger partial charge is 0.378 e. The summed E-state index contributed by atoms with van der Waals surface area (Å²) in [6.45, 7) is 2.61. The molecule has 0 aliphatic heterocycles. The summed E-state index contributed by atoms with van der Waals surface area (Å²) in [6, 6.07) is 7.94. The van der Waals surface area contributed by atoms with E-state index in [9.17, 15) is 0 Å². The number of hydrogen-bond donors (Lipinski definition) is 1. The maximum absolute atomic E-state index is 9.08. The number of halogens is 1. The minimum Gasteiger partial charge on any atom is -0.378 e. The lowest BCUT2D eigenvalue weighted by molar-refractivity contribution is 0.856. The Kier molecular flexibility index (Phi) is 3.58. The molecule has 0 amide bonds. The quantitative estimate of drug-likeness (QED) is 0.792. The number of nitriles is 1. The monoisotopic (exact) mass is 316 g/mol. The van der Waals surface area contributed by atoms with Crippen LogP contribution in [0.1, 0.15) is 17.0 Å². The van der Waals surface area contributed by atoms with Crippen molar-refractivity contribution in [1.82, 2.24) is 9.55 Å². The van der Waals surface area contributed by atoms with Gasteiger partial charge in [0.2, 0.25) is 0 Å². The number of thiazole rings is 1. The van der Waals surface area contributed by atoms with E-state index in [1.807, 2.05) is 42.2 Å². The molecule has 3 aromatic rings. The topological polar surface area (TPSA) is 53.6 Å². The summed E-state index contributed by atoms with van der Waals surface area (Å²) in [6.07, 6.45) is 0. The average molecular weight is 317 g/mol. The van der Waals surface area contributed by atoms with E-state index in [0.29, 0.717) is 17.3 Å². The van der Waals surface area contributed by atoms with E-state index in [0.717, 1.165) is 27.2 Å². The van der Waals surface area contributed by atoms with Crippen molar-refractivity contribution in [2.45, 2.75) is 13.5 Å². The molecule has 0 spiro atoms. The van der Waals surface area contributed by atoms with E-state index < -0.39 is 0 Å². The minimum absolute atomic E-state index is 0.609. The molecule has 2 aromatic heterocycles. The van der Waals surface area contributed by atoms with Crippen molar-refractivity contribution in [2.75, 3.05) is 5.32 Å². The number of aromatic nitrogens is 2. The Labute approximate surface area is 131 Å². The molecule has 0 fully saturated rings. The highest BCUT2D eigenvalue weighted by atomic mass is 35.5. The van der Waals surface area contributed by atoms with E-state index in [2.05, 4.69) is 16.4 Å². The van der Waals surface area contributed by atoms with Crippen LogP contribution in [0.5, 0.6) is 0 Å². The number of rotatable bonds is 3. The van der Waals surface area contributed by atoms with Crippen LogP contribution >= 0.6 is 22.9 Å². The fourth-order valence-electron chi connectivity index (χ4n) is 2.31. The van der Waals surface area contributed by atoms with Gasteiger partial charge >= 0.3 is 0 Å². The van der Waals surface area contributed by atoms with Gasteiger partial charge in [-0.05, 0) is 30.7 Å². The SMILES string of the molecule is Cc1c(CNc2c(Cl)ccc3scnc23)cc(C#N)n1C. The van der Waals surface area contributed by atoms with Gasteiger partial charge in [0.25, 0.3) is 0 Å². The Morgan fingerprint density at radius 1 is 1.48 bits per heavy atom. The molecular formula is C15H13ClN4S. The first kappa shape index (κ1) is 13.9. The molecule has 0 saturated carbocycles. The van der Waals surface area contributed by atoms with Crippen molar-refractivity contribution in [1.29, 1.82) is 5.26 Å². The lowest BCUT2D eigenvalue weighted by Gasteiger charge is -2.09. The molecule has 0 aliphatic rings. The van der Waals surface area contributed by atoms with Crippen LogP contribution < -0.4 is 5.32 Å². The predicted octanol–water partition coefficient (Wildman–Crippen LogP) is 4.08. The summed E-state index contributed by atoms with van der Waals surface area (Å²) in [4.78, 5) is 4.37. The van der Waals surface area contributed by atoms with Crippen LogP contribution in [0.15, 0.2) is 23.7 Å². The van der Waals surface area contributed by atoms with Crippen molar-refractivity contribution in [3.05, 3.63) is 45.7 Å². The van der Waals surface area contributed by atoms with Crippen LogP contribution in [-0.2, 0) is 13.6 Å². The minimum atomic E-state index is 0.609. The normalized spacial score (nSPS) is 10.8. The first-order chi connectivity index (χ1) is 10.1. The van der Waals surface area contributed by atoms with E-state index in [1.165, 1.54) is 0 Å². The Hall–Kier alpha value is -2.03. The fraction of sp³-hybridized carbons (Fsp3) is 0.200. The molecule has 0 unspecified atom stereocenters. The molecule has 6 heteroatoms. The molecule has 2 heterocycles. The van der Waals surface area contributed by atoms with E-state index in [-0.39, 0.29) is 0 Å². The second-order valence-electron chi connectivity index (χ2n) is 4.79. The molecule has 1 aromatic carbocycles. The van der Waals surface area contributed by atoms with Crippen LogP contribution in [0.2, 0.25) is 5.02 Å². The van der Waals surface area contributed by atoms with Gasteiger partial charge in [0.15, 0.2) is 0 Å². The Bertz CT molecular complexity index is 857. The maximum Gasteiger partial charge on any atom is 0.120 e. The van der Waals surface area contributed by atoms with Gasteiger partial charge in [-0.1, -0.05) is 11.6 Å². The van der Waals surface area contributed by atoms with Gasteiger partial charge in [-0.15, -0.1) is 11.3 Å². The molecule has 3 rings (SSSR count). The number of nitrogens with one attached hydrogen (secondary N) is 1. The van der Waals surface area contributed by atoms with Gasteiger partial charge < -0.3 is 9.88 Å². The molecule has 0 aliphatic carbocycles. The summed E-state index contributed by atoms with van der Waals surface area (Å²) < 4.78 is 2.99. The zero-order valence-corrected chi connectivity index (χ0v) is 13.2. The summed E-state index contributed by atoms with van der Waals surface area (Å²) in [5.41, 5.74) is 6.35.